The molecule has 0 saturated carbocycles. The number of nitrogens with zero attached hydrogens (tertiary/aromatic N) is 5. The number of fused-ring (bicyclic) bond motifs is 6. The van der Waals surface area contributed by atoms with Gasteiger partial charge < -0.3 is 25.4 Å². The maximum absolute atomic E-state index is 16.7. The van der Waals surface area contributed by atoms with Crippen LogP contribution >= 0.6 is 0 Å². The van der Waals surface area contributed by atoms with E-state index in [0.717, 1.165) is 18.9 Å². The van der Waals surface area contributed by atoms with Crippen molar-refractivity contribution in [1.29, 1.82) is 0 Å². The Hall–Kier alpha value is -3.59. The number of hydrogen-bond acceptors (Lipinski definition) is 9. The van der Waals surface area contributed by atoms with Crippen LogP contribution in [-0.4, -0.2) is 81.8 Å². The molecule has 0 radical (unpaired) electrons. The molecule has 2 bridgehead atoms. The molecule has 4 fully saturated rings. The van der Waals surface area contributed by atoms with Crippen molar-refractivity contribution >= 4 is 22.4 Å². The van der Waals surface area contributed by atoms with Gasteiger partial charge in [0.1, 0.15) is 35.1 Å². The molecule has 5 atom stereocenters. The molecule has 7 heterocycles. The zero-order chi connectivity index (χ0) is 31.6. The minimum atomic E-state index is -4.84. The summed E-state index contributed by atoms with van der Waals surface area (Å²) in [6.07, 6.45) is -3.45. The van der Waals surface area contributed by atoms with Crippen LogP contribution in [0.15, 0.2) is 12.1 Å². The summed E-state index contributed by atoms with van der Waals surface area (Å²) in [7, 11) is 0. The number of aromatic nitrogens is 3. The zero-order valence-corrected chi connectivity index (χ0v) is 24.5. The topological polar surface area (TPSA) is 102 Å². The van der Waals surface area contributed by atoms with Crippen LogP contribution in [0.2, 0.25) is 0 Å². The van der Waals surface area contributed by atoms with E-state index < -0.39 is 46.4 Å². The van der Waals surface area contributed by atoms with Crippen molar-refractivity contribution in [3.05, 3.63) is 29.1 Å². The average Bonchev–Trinajstić information content (AvgIpc) is 3.36. The summed E-state index contributed by atoms with van der Waals surface area (Å²) in [6.45, 7) is 3.60. The fourth-order valence-electron chi connectivity index (χ4n) is 8.17. The molecule has 5 aliphatic heterocycles. The Morgan fingerprint density at radius 3 is 2.69 bits per heavy atom. The molecule has 240 valence electrons. The fraction of sp³-hybridized carbons (Fsp3) is 0.567. The van der Waals surface area contributed by atoms with Gasteiger partial charge in [-0.15, -0.1) is 0 Å². The molecule has 4 saturated heterocycles. The Balaban J connectivity index is 1.32. The molecule has 3 N–H and O–H groups in total. The van der Waals surface area contributed by atoms with Crippen LogP contribution in [0.4, 0.5) is 37.8 Å². The lowest BCUT2D eigenvalue weighted by atomic mass is 9.85. The van der Waals surface area contributed by atoms with E-state index >= 15 is 4.39 Å². The van der Waals surface area contributed by atoms with Crippen molar-refractivity contribution in [2.75, 3.05) is 36.9 Å². The highest BCUT2D eigenvalue weighted by molar-refractivity contribution is 5.97. The monoisotopic (exact) mass is 635 g/mol. The summed E-state index contributed by atoms with van der Waals surface area (Å²) in [5.74, 6) is -3.80. The summed E-state index contributed by atoms with van der Waals surface area (Å²) in [4.78, 5) is 17.1. The molecule has 0 unspecified atom stereocenters. The quantitative estimate of drug-likeness (QED) is 0.312. The fourth-order valence-corrected chi connectivity index (χ4v) is 8.17. The zero-order valence-electron chi connectivity index (χ0n) is 24.5. The van der Waals surface area contributed by atoms with Gasteiger partial charge in [0.15, 0.2) is 5.82 Å². The van der Waals surface area contributed by atoms with Gasteiger partial charge in [-0.05, 0) is 50.8 Å². The first-order valence-electron chi connectivity index (χ1n) is 15.1. The van der Waals surface area contributed by atoms with Crippen LogP contribution in [-0.2, 0) is 6.18 Å². The van der Waals surface area contributed by atoms with Crippen LogP contribution in [0.25, 0.3) is 22.2 Å². The van der Waals surface area contributed by atoms with Crippen LogP contribution in [0.1, 0.15) is 43.7 Å². The average molecular weight is 636 g/mol. The number of ether oxygens (including phenoxy) is 2. The third-order valence-electron chi connectivity index (χ3n) is 10.1. The molecule has 0 spiro atoms. The van der Waals surface area contributed by atoms with Gasteiger partial charge in [-0.2, -0.15) is 23.1 Å². The van der Waals surface area contributed by atoms with E-state index in [2.05, 4.69) is 20.3 Å². The maximum Gasteiger partial charge on any atom is 0.417 e. The highest BCUT2D eigenvalue weighted by atomic mass is 19.4. The largest absolute Gasteiger partial charge is 0.472 e. The first-order chi connectivity index (χ1) is 21.2. The van der Waals surface area contributed by atoms with Gasteiger partial charge in [-0.1, -0.05) is 0 Å². The number of pyridine rings is 1. The van der Waals surface area contributed by atoms with Crippen molar-refractivity contribution in [3.63, 3.8) is 0 Å². The molecule has 3 aromatic rings. The first kappa shape index (κ1) is 28.9. The summed E-state index contributed by atoms with van der Waals surface area (Å²) in [6, 6.07) is 1.85. The summed E-state index contributed by atoms with van der Waals surface area (Å²) in [5.41, 5.74) is 2.29. The van der Waals surface area contributed by atoms with E-state index in [1.807, 2.05) is 11.8 Å². The van der Waals surface area contributed by atoms with Crippen molar-refractivity contribution in [2.45, 2.75) is 81.4 Å². The maximum atomic E-state index is 16.7. The first-order valence-corrected chi connectivity index (χ1v) is 15.1. The van der Waals surface area contributed by atoms with Crippen molar-refractivity contribution in [1.82, 2.24) is 25.2 Å². The highest BCUT2D eigenvalue weighted by Gasteiger charge is 2.60. The van der Waals surface area contributed by atoms with Crippen LogP contribution < -0.4 is 25.4 Å². The molecular formula is C30H31F6N7O2. The number of nitrogens with two attached hydrogens (primary N) is 1. The van der Waals surface area contributed by atoms with Gasteiger partial charge in [0.25, 0.3) is 5.92 Å². The van der Waals surface area contributed by atoms with Crippen LogP contribution in [0.5, 0.6) is 11.9 Å². The third-order valence-corrected chi connectivity index (χ3v) is 10.1. The number of halogens is 6. The minimum absolute atomic E-state index is 0.00116. The van der Waals surface area contributed by atoms with Gasteiger partial charge in [0.2, 0.25) is 5.88 Å². The number of piperazine rings is 1. The second-order valence-corrected chi connectivity index (χ2v) is 13.1. The number of hydrogen-bond donors (Lipinski definition) is 2. The Morgan fingerprint density at radius 1 is 1.18 bits per heavy atom. The summed E-state index contributed by atoms with van der Waals surface area (Å²) >= 11 is 0. The lowest BCUT2D eigenvalue weighted by Crippen LogP contribution is -2.62. The van der Waals surface area contributed by atoms with Crippen molar-refractivity contribution in [2.24, 2.45) is 0 Å². The molecule has 0 amide bonds. The molecule has 2 aromatic heterocycles. The number of rotatable bonds is 4. The van der Waals surface area contributed by atoms with Crippen LogP contribution in [0.3, 0.4) is 0 Å². The Bertz CT molecular complexity index is 1740. The summed E-state index contributed by atoms with van der Waals surface area (Å²) < 4.78 is 101. The van der Waals surface area contributed by atoms with Gasteiger partial charge in [-0.25, -0.2) is 18.2 Å². The SMILES string of the molecule is Cc1cc(N)cc(-c2nc3c4c(nc(OC[C@]56CCN5CC(F)(F)C6)nc4c2F)N2C[C@H]4CC[C@H](N4)[C@H]2[C@H](C)O3)c1C(F)(F)F. The van der Waals surface area contributed by atoms with Crippen molar-refractivity contribution in [3.8, 4) is 23.1 Å². The Kier molecular flexibility index (Phi) is 6.07. The van der Waals surface area contributed by atoms with E-state index in [0.29, 0.717) is 19.5 Å². The summed E-state index contributed by atoms with van der Waals surface area (Å²) in [5, 5.41) is 3.70. The number of aryl methyl sites for hydroxylation is 1. The Morgan fingerprint density at radius 2 is 1.98 bits per heavy atom. The van der Waals surface area contributed by atoms with Gasteiger partial charge in [0.05, 0.1) is 23.7 Å². The molecule has 8 rings (SSSR count). The van der Waals surface area contributed by atoms with E-state index in [-0.39, 0.29) is 77.6 Å². The number of benzene rings is 1. The minimum Gasteiger partial charge on any atom is -0.472 e. The predicted molar refractivity (Wildman–Crippen MR) is 152 cm³/mol. The molecule has 45 heavy (non-hydrogen) atoms. The van der Waals surface area contributed by atoms with Gasteiger partial charge in [0, 0.05) is 42.8 Å². The van der Waals surface area contributed by atoms with Crippen LogP contribution in [0, 0.1) is 12.7 Å². The second kappa shape index (κ2) is 9.47. The molecule has 1 aromatic carbocycles. The van der Waals surface area contributed by atoms with Crippen molar-refractivity contribution < 1.29 is 35.8 Å². The lowest BCUT2D eigenvalue weighted by Gasteiger charge is -2.46. The van der Waals surface area contributed by atoms with E-state index in [9.17, 15) is 22.0 Å². The number of alkyl halides is 5. The predicted octanol–water partition coefficient (Wildman–Crippen LogP) is 4.69. The van der Waals surface area contributed by atoms with E-state index in [4.69, 9.17) is 15.2 Å². The lowest BCUT2D eigenvalue weighted by molar-refractivity contribution is -0.137. The number of nitrogen functional groups attached to an aromatic ring is 1. The molecule has 15 heteroatoms. The van der Waals surface area contributed by atoms with E-state index in [1.165, 1.54) is 13.0 Å². The number of anilines is 2. The smallest absolute Gasteiger partial charge is 0.417 e. The number of nitrogens with one attached hydrogen (secondary N) is 1. The molecular weight excluding hydrogens is 604 g/mol. The third kappa shape index (κ3) is 4.40. The van der Waals surface area contributed by atoms with Gasteiger partial charge >= 0.3 is 12.2 Å². The molecule has 5 aliphatic rings. The van der Waals surface area contributed by atoms with E-state index in [1.54, 1.807) is 4.90 Å². The van der Waals surface area contributed by atoms with Gasteiger partial charge in [-0.3, -0.25) is 4.90 Å². The molecule has 0 aliphatic carbocycles. The highest BCUT2D eigenvalue weighted by Crippen LogP contribution is 2.49. The molecule has 9 nitrogen and oxygen atoms in total. The Labute approximate surface area is 254 Å². The second-order valence-electron chi connectivity index (χ2n) is 13.1. The normalized spacial score (nSPS) is 30.0. The standard InChI is InChI=1S/C30H31F6N7O2/c1-13-7-15(37)8-17(20(13)30(34,35)36)22-21(31)23-19-25(41-27(40-23)44-12-28-5-6-42(28)11-29(32,33)10-28)43-9-16-3-4-18(38-16)24(43)14(2)45-26(19)39-22/h7-8,14,16,18,24,38H,3-6,9-12,37H2,1-2H3/t14-,16+,18-,24+,28+/m0/s1.